The maximum atomic E-state index is 14.1. The number of benzene rings is 2. The van der Waals surface area contributed by atoms with Gasteiger partial charge in [0, 0.05) is 30.4 Å². The van der Waals surface area contributed by atoms with Gasteiger partial charge in [0.2, 0.25) is 0 Å². The quantitative estimate of drug-likeness (QED) is 0.927. The van der Waals surface area contributed by atoms with Gasteiger partial charge in [0.25, 0.3) is 0 Å². The van der Waals surface area contributed by atoms with Crippen LogP contribution in [-0.4, -0.2) is 6.04 Å². The van der Waals surface area contributed by atoms with Crippen LogP contribution in [0.5, 0.6) is 0 Å². The first-order chi connectivity index (χ1) is 9.65. The van der Waals surface area contributed by atoms with Crippen LogP contribution in [0.2, 0.25) is 0 Å². The Kier molecular flexibility index (Phi) is 3.45. The number of hydrogen-bond donors (Lipinski definition) is 1. The fourth-order valence-electron chi connectivity index (χ4n) is 2.87. The highest BCUT2D eigenvalue weighted by Gasteiger charge is 2.22. The third-order valence-corrected chi connectivity index (χ3v) is 3.80. The van der Waals surface area contributed by atoms with Crippen LogP contribution in [0.15, 0.2) is 42.5 Å². The van der Waals surface area contributed by atoms with Crippen LogP contribution in [0, 0.1) is 5.82 Å². The first-order valence-electron chi connectivity index (χ1n) is 7.00. The summed E-state index contributed by atoms with van der Waals surface area (Å²) >= 11 is 0. The van der Waals surface area contributed by atoms with Gasteiger partial charge in [-0.15, -0.1) is 0 Å². The molecular formula is C17H19FN2. The Balaban J connectivity index is 1.94. The Morgan fingerprint density at radius 1 is 1.10 bits per heavy atom. The summed E-state index contributed by atoms with van der Waals surface area (Å²) in [5.74, 6) is -0.157. The topological polar surface area (TPSA) is 29.3 Å². The van der Waals surface area contributed by atoms with Crippen molar-refractivity contribution in [3.8, 4) is 0 Å². The van der Waals surface area contributed by atoms with Crippen molar-refractivity contribution < 1.29 is 4.39 Å². The summed E-state index contributed by atoms with van der Waals surface area (Å²) in [6.45, 7) is 3.59. The number of anilines is 1. The van der Waals surface area contributed by atoms with Gasteiger partial charge in [-0.1, -0.05) is 30.3 Å². The van der Waals surface area contributed by atoms with Crippen LogP contribution >= 0.6 is 0 Å². The maximum absolute atomic E-state index is 14.1. The van der Waals surface area contributed by atoms with Crippen LogP contribution in [0.4, 0.5) is 10.1 Å². The molecule has 0 amide bonds. The minimum absolute atomic E-state index is 0.0457. The Bertz CT molecular complexity index is 597. The van der Waals surface area contributed by atoms with E-state index in [-0.39, 0.29) is 11.9 Å². The number of fused-ring (bicyclic) bond motifs is 1. The molecule has 0 saturated heterocycles. The number of halogens is 1. The second-order valence-electron chi connectivity index (χ2n) is 5.54. The average Bonchev–Trinajstić information content (AvgIpc) is 2.84. The average molecular weight is 270 g/mol. The van der Waals surface area contributed by atoms with Gasteiger partial charge in [0.05, 0.1) is 0 Å². The number of hydrogen-bond acceptors (Lipinski definition) is 2. The van der Waals surface area contributed by atoms with E-state index in [0.29, 0.717) is 6.42 Å². The third kappa shape index (κ3) is 2.41. The highest BCUT2D eigenvalue weighted by atomic mass is 19.1. The Hall–Kier alpha value is -1.87. The van der Waals surface area contributed by atoms with Crippen molar-refractivity contribution in [2.24, 2.45) is 5.73 Å². The predicted molar refractivity (Wildman–Crippen MR) is 80.1 cm³/mol. The largest absolute Gasteiger partial charge is 0.363 e. The van der Waals surface area contributed by atoms with Crippen LogP contribution in [-0.2, 0) is 19.5 Å². The summed E-state index contributed by atoms with van der Waals surface area (Å²) in [5, 5.41) is 0. The zero-order chi connectivity index (χ0) is 14.1. The molecular weight excluding hydrogens is 251 g/mol. The summed E-state index contributed by atoms with van der Waals surface area (Å²) in [5.41, 5.74) is 10.2. The fourth-order valence-corrected chi connectivity index (χ4v) is 2.87. The SMILES string of the molecule is CC(N)Cc1c(F)cccc1N1Cc2ccccc2C1. The Morgan fingerprint density at radius 3 is 2.35 bits per heavy atom. The van der Waals surface area contributed by atoms with Crippen molar-refractivity contribution in [2.75, 3.05) is 4.90 Å². The lowest BCUT2D eigenvalue weighted by Crippen LogP contribution is -2.22. The van der Waals surface area contributed by atoms with Crippen LogP contribution in [0.3, 0.4) is 0 Å². The smallest absolute Gasteiger partial charge is 0.128 e. The fraction of sp³-hybridized carbons (Fsp3) is 0.294. The maximum Gasteiger partial charge on any atom is 0.128 e. The van der Waals surface area contributed by atoms with Crippen molar-refractivity contribution in [3.05, 3.63) is 65.0 Å². The lowest BCUT2D eigenvalue weighted by molar-refractivity contribution is 0.594. The van der Waals surface area contributed by atoms with E-state index in [1.807, 2.05) is 13.0 Å². The lowest BCUT2D eigenvalue weighted by atomic mass is 10.0. The number of nitrogens with two attached hydrogens (primary N) is 1. The Labute approximate surface area is 119 Å². The third-order valence-electron chi connectivity index (χ3n) is 3.80. The molecule has 2 aromatic rings. The molecule has 1 aliphatic rings. The van der Waals surface area contributed by atoms with Crippen molar-refractivity contribution >= 4 is 5.69 Å². The van der Waals surface area contributed by atoms with Gasteiger partial charge < -0.3 is 10.6 Å². The van der Waals surface area contributed by atoms with Crippen LogP contribution in [0.1, 0.15) is 23.6 Å². The molecule has 2 aromatic carbocycles. The molecule has 3 heteroatoms. The van der Waals surface area contributed by atoms with E-state index in [0.717, 1.165) is 24.3 Å². The van der Waals surface area contributed by atoms with Gasteiger partial charge >= 0.3 is 0 Å². The van der Waals surface area contributed by atoms with E-state index < -0.39 is 0 Å². The molecule has 0 bridgehead atoms. The minimum Gasteiger partial charge on any atom is -0.363 e. The van der Waals surface area contributed by atoms with Gasteiger partial charge in [0.1, 0.15) is 5.82 Å². The molecule has 20 heavy (non-hydrogen) atoms. The van der Waals surface area contributed by atoms with Crippen LogP contribution in [0.25, 0.3) is 0 Å². The molecule has 104 valence electrons. The molecule has 0 saturated carbocycles. The molecule has 1 heterocycles. The van der Waals surface area contributed by atoms with Crippen molar-refractivity contribution in [1.29, 1.82) is 0 Å². The van der Waals surface area contributed by atoms with E-state index in [1.54, 1.807) is 6.07 Å². The second-order valence-corrected chi connectivity index (χ2v) is 5.54. The summed E-state index contributed by atoms with van der Waals surface area (Å²) in [6.07, 6.45) is 0.564. The standard InChI is InChI=1S/C17H19FN2/c1-12(19)9-15-16(18)7-4-8-17(15)20-10-13-5-2-3-6-14(13)11-20/h2-8,12H,9-11,19H2,1H3. The lowest BCUT2D eigenvalue weighted by Gasteiger charge is -2.22. The van der Waals surface area contributed by atoms with Gasteiger partial charge in [-0.2, -0.15) is 0 Å². The van der Waals surface area contributed by atoms with Gasteiger partial charge in [-0.3, -0.25) is 0 Å². The predicted octanol–water partition coefficient (Wildman–Crippen LogP) is 3.24. The molecule has 2 N–H and O–H groups in total. The number of rotatable bonds is 3. The van der Waals surface area contributed by atoms with Crippen LogP contribution < -0.4 is 10.6 Å². The molecule has 0 fully saturated rings. The highest BCUT2D eigenvalue weighted by molar-refractivity contribution is 5.57. The van der Waals surface area contributed by atoms with E-state index in [4.69, 9.17) is 5.73 Å². The minimum atomic E-state index is -0.157. The highest BCUT2D eigenvalue weighted by Crippen LogP contribution is 2.32. The molecule has 0 radical (unpaired) electrons. The molecule has 1 unspecified atom stereocenters. The zero-order valence-corrected chi connectivity index (χ0v) is 11.6. The van der Waals surface area contributed by atoms with Crippen molar-refractivity contribution in [1.82, 2.24) is 0 Å². The molecule has 1 atom stereocenters. The summed E-state index contributed by atoms with van der Waals surface area (Å²) in [6, 6.07) is 13.6. The molecule has 1 aliphatic heterocycles. The number of nitrogens with zero attached hydrogens (tertiary/aromatic N) is 1. The first-order valence-corrected chi connectivity index (χ1v) is 7.00. The van der Waals surface area contributed by atoms with Gasteiger partial charge in [-0.05, 0) is 36.6 Å². The molecule has 2 nitrogen and oxygen atoms in total. The monoisotopic (exact) mass is 270 g/mol. The summed E-state index contributed by atoms with van der Waals surface area (Å²) in [4.78, 5) is 2.23. The van der Waals surface area contributed by atoms with E-state index in [9.17, 15) is 4.39 Å². The molecule has 0 aliphatic carbocycles. The van der Waals surface area contributed by atoms with E-state index in [2.05, 4.69) is 29.2 Å². The van der Waals surface area contributed by atoms with Crippen molar-refractivity contribution in [3.63, 3.8) is 0 Å². The van der Waals surface area contributed by atoms with E-state index in [1.165, 1.54) is 17.2 Å². The normalized spacial score (nSPS) is 15.2. The van der Waals surface area contributed by atoms with Crippen molar-refractivity contribution in [2.45, 2.75) is 32.5 Å². The summed E-state index contributed by atoms with van der Waals surface area (Å²) < 4.78 is 14.1. The van der Waals surface area contributed by atoms with Gasteiger partial charge in [0.15, 0.2) is 0 Å². The van der Waals surface area contributed by atoms with Gasteiger partial charge in [-0.25, -0.2) is 4.39 Å². The molecule has 0 aromatic heterocycles. The Morgan fingerprint density at radius 2 is 1.75 bits per heavy atom. The summed E-state index contributed by atoms with van der Waals surface area (Å²) in [7, 11) is 0. The molecule has 3 rings (SSSR count). The molecule has 0 spiro atoms. The zero-order valence-electron chi connectivity index (χ0n) is 11.6. The van der Waals surface area contributed by atoms with E-state index >= 15 is 0 Å². The second kappa shape index (κ2) is 5.25. The first kappa shape index (κ1) is 13.1.